The summed E-state index contributed by atoms with van der Waals surface area (Å²) in [5.41, 5.74) is 2.21. The number of nitrogens with one attached hydrogen (secondary N) is 2. The largest absolute Gasteiger partial charge is 0.445 e. The lowest BCUT2D eigenvalue weighted by atomic mass is 10.1. The number of hydrogen-bond donors (Lipinski definition) is 2. The smallest absolute Gasteiger partial charge is 0.410 e. The van der Waals surface area contributed by atoms with Crippen LogP contribution in [0.2, 0.25) is 0 Å². The van der Waals surface area contributed by atoms with Crippen molar-refractivity contribution in [3.8, 4) is 0 Å². The fraction of sp³-hybridized carbons (Fsp3) is 0.423. The second-order valence-electron chi connectivity index (χ2n) is 9.35. The summed E-state index contributed by atoms with van der Waals surface area (Å²) in [6.45, 7) is 8.08. The number of carbonyl (C=O) groups excluding carboxylic acids is 3. The molecule has 0 bridgehead atoms. The first-order valence-electron chi connectivity index (χ1n) is 11.7. The minimum absolute atomic E-state index is 0.181. The summed E-state index contributed by atoms with van der Waals surface area (Å²) in [6, 6.07) is 17.0. The van der Waals surface area contributed by atoms with Gasteiger partial charge in [0.05, 0.1) is 0 Å². The Kier molecular flexibility index (Phi) is 8.94. The predicted octanol–water partition coefficient (Wildman–Crippen LogP) is 3.88. The second kappa shape index (κ2) is 12.1. The predicted molar refractivity (Wildman–Crippen MR) is 132 cm³/mol. The summed E-state index contributed by atoms with van der Waals surface area (Å²) < 4.78 is 10.6. The van der Waals surface area contributed by atoms with E-state index in [9.17, 15) is 14.4 Å². The van der Waals surface area contributed by atoms with E-state index >= 15 is 0 Å². The molecule has 35 heavy (non-hydrogen) atoms. The number of piperazine rings is 1. The van der Waals surface area contributed by atoms with Gasteiger partial charge in [-0.3, -0.25) is 0 Å². The van der Waals surface area contributed by atoms with E-state index in [0.29, 0.717) is 39.3 Å². The van der Waals surface area contributed by atoms with Crippen LogP contribution in [0.1, 0.15) is 37.5 Å². The molecule has 2 aromatic carbocycles. The van der Waals surface area contributed by atoms with Crippen molar-refractivity contribution >= 4 is 18.2 Å². The zero-order valence-corrected chi connectivity index (χ0v) is 20.6. The van der Waals surface area contributed by atoms with Gasteiger partial charge < -0.3 is 29.9 Å². The fourth-order valence-corrected chi connectivity index (χ4v) is 3.53. The Morgan fingerprint density at radius 2 is 1.37 bits per heavy atom. The zero-order valence-electron chi connectivity index (χ0n) is 20.6. The summed E-state index contributed by atoms with van der Waals surface area (Å²) >= 11 is 0. The molecule has 2 N–H and O–H groups in total. The minimum atomic E-state index is -0.551. The van der Waals surface area contributed by atoms with Gasteiger partial charge in [-0.15, -0.1) is 0 Å². The van der Waals surface area contributed by atoms with Gasteiger partial charge >= 0.3 is 18.2 Å². The third-order valence-corrected chi connectivity index (χ3v) is 5.30. The minimum Gasteiger partial charge on any atom is -0.445 e. The van der Waals surface area contributed by atoms with Crippen molar-refractivity contribution < 1.29 is 23.9 Å². The molecule has 0 spiro atoms. The summed E-state index contributed by atoms with van der Waals surface area (Å²) in [7, 11) is 0. The number of hydrogen-bond acceptors (Lipinski definition) is 5. The number of carbonyl (C=O) groups is 3. The van der Waals surface area contributed by atoms with Crippen LogP contribution in [0.25, 0.3) is 0 Å². The van der Waals surface area contributed by atoms with Gasteiger partial charge in [-0.05, 0) is 37.5 Å². The Morgan fingerprint density at radius 1 is 0.800 bits per heavy atom. The quantitative estimate of drug-likeness (QED) is 0.651. The second-order valence-corrected chi connectivity index (χ2v) is 9.35. The number of urea groups is 1. The molecule has 188 valence electrons. The van der Waals surface area contributed by atoms with Crippen LogP contribution in [-0.4, -0.2) is 59.8 Å². The van der Waals surface area contributed by atoms with Crippen molar-refractivity contribution in [1.82, 2.24) is 20.4 Å². The number of benzene rings is 2. The molecule has 1 saturated heterocycles. The molecule has 0 aromatic heterocycles. The number of nitrogens with zero attached hydrogens (tertiary/aromatic N) is 2. The zero-order chi connectivity index (χ0) is 25.3. The number of alkyl carbamates (subject to hydrolysis) is 1. The van der Waals surface area contributed by atoms with Crippen molar-refractivity contribution in [3.05, 3.63) is 71.3 Å². The molecule has 0 saturated carbocycles. The average Bonchev–Trinajstić information content (AvgIpc) is 2.84. The summed E-state index contributed by atoms with van der Waals surface area (Å²) in [6.07, 6.45) is -0.843. The van der Waals surface area contributed by atoms with Crippen LogP contribution in [-0.2, 0) is 29.2 Å². The Hall–Kier alpha value is -3.75. The van der Waals surface area contributed by atoms with E-state index in [4.69, 9.17) is 9.47 Å². The van der Waals surface area contributed by atoms with E-state index in [-0.39, 0.29) is 18.7 Å². The number of rotatable bonds is 6. The Balaban J connectivity index is 1.38. The molecule has 1 aliphatic heterocycles. The lowest BCUT2D eigenvalue weighted by molar-refractivity contribution is 0.0523. The molecule has 4 amide bonds. The molecular formula is C26H34N4O5. The standard InChI is InChI=1S/C26H34N4O5/c1-26(2,3)35-24(32)28-18-22-11-7-10-21(16-22)17-27-23(31)29-12-14-30(15-13-29)25(33)34-19-20-8-5-4-6-9-20/h4-11,16H,12-15,17-19H2,1-3H3,(H,27,31)(H,28,32). The molecule has 1 fully saturated rings. The molecule has 3 rings (SSSR count). The first-order chi connectivity index (χ1) is 16.7. The third kappa shape index (κ3) is 8.84. The Morgan fingerprint density at radius 3 is 2.00 bits per heavy atom. The molecule has 0 radical (unpaired) electrons. The molecule has 9 nitrogen and oxygen atoms in total. The first kappa shape index (κ1) is 25.9. The van der Waals surface area contributed by atoms with Gasteiger partial charge in [0.2, 0.25) is 0 Å². The van der Waals surface area contributed by atoms with Crippen molar-refractivity contribution in [2.45, 2.75) is 46.1 Å². The van der Waals surface area contributed by atoms with E-state index in [1.165, 1.54) is 0 Å². The van der Waals surface area contributed by atoms with Crippen LogP contribution in [0.3, 0.4) is 0 Å². The van der Waals surface area contributed by atoms with Crippen LogP contribution in [0, 0.1) is 0 Å². The maximum atomic E-state index is 12.6. The van der Waals surface area contributed by atoms with Gasteiger partial charge in [0.1, 0.15) is 12.2 Å². The Bertz CT molecular complexity index is 998. The van der Waals surface area contributed by atoms with Crippen LogP contribution < -0.4 is 10.6 Å². The van der Waals surface area contributed by atoms with E-state index in [2.05, 4.69) is 10.6 Å². The lowest BCUT2D eigenvalue weighted by Crippen LogP contribution is -2.53. The van der Waals surface area contributed by atoms with Crippen molar-refractivity contribution in [2.24, 2.45) is 0 Å². The Labute approximate surface area is 206 Å². The van der Waals surface area contributed by atoms with E-state index in [0.717, 1.165) is 16.7 Å². The fourth-order valence-electron chi connectivity index (χ4n) is 3.53. The number of amides is 4. The third-order valence-electron chi connectivity index (χ3n) is 5.30. The lowest BCUT2D eigenvalue weighted by Gasteiger charge is -2.34. The maximum Gasteiger partial charge on any atom is 0.410 e. The SMILES string of the molecule is CC(C)(C)OC(=O)NCc1cccc(CNC(=O)N2CCN(C(=O)OCc3ccccc3)CC2)c1. The highest BCUT2D eigenvalue weighted by Gasteiger charge is 2.25. The highest BCUT2D eigenvalue weighted by molar-refractivity contribution is 5.75. The molecule has 1 heterocycles. The topological polar surface area (TPSA) is 100 Å². The summed E-state index contributed by atoms with van der Waals surface area (Å²) in [5, 5.41) is 5.65. The first-order valence-corrected chi connectivity index (χ1v) is 11.7. The molecule has 0 unspecified atom stereocenters. The molecule has 0 atom stereocenters. The van der Waals surface area contributed by atoms with Gasteiger partial charge in [-0.2, -0.15) is 0 Å². The van der Waals surface area contributed by atoms with Crippen molar-refractivity contribution in [1.29, 1.82) is 0 Å². The molecular weight excluding hydrogens is 448 g/mol. The highest BCUT2D eigenvalue weighted by Crippen LogP contribution is 2.10. The van der Waals surface area contributed by atoms with Crippen LogP contribution in [0.5, 0.6) is 0 Å². The highest BCUT2D eigenvalue weighted by atomic mass is 16.6. The monoisotopic (exact) mass is 482 g/mol. The molecule has 2 aromatic rings. The summed E-state index contributed by atoms with van der Waals surface area (Å²) in [5.74, 6) is 0. The van der Waals surface area contributed by atoms with Gasteiger partial charge in [-0.25, -0.2) is 14.4 Å². The average molecular weight is 483 g/mol. The van der Waals surface area contributed by atoms with Gasteiger partial charge in [0, 0.05) is 39.3 Å². The van der Waals surface area contributed by atoms with Crippen LogP contribution in [0.4, 0.5) is 14.4 Å². The van der Waals surface area contributed by atoms with Crippen molar-refractivity contribution in [3.63, 3.8) is 0 Å². The van der Waals surface area contributed by atoms with Crippen LogP contribution >= 0.6 is 0 Å². The van der Waals surface area contributed by atoms with E-state index in [1.807, 2.05) is 75.4 Å². The van der Waals surface area contributed by atoms with E-state index in [1.54, 1.807) is 9.80 Å². The molecule has 9 heteroatoms. The van der Waals surface area contributed by atoms with Gasteiger partial charge in [-0.1, -0.05) is 54.6 Å². The van der Waals surface area contributed by atoms with Crippen molar-refractivity contribution in [2.75, 3.05) is 26.2 Å². The summed E-state index contributed by atoms with van der Waals surface area (Å²) in [4.78, 5) is 40.1. The number of ether oxygens (including phenoxy) is 2. The normalized spacial score (nSPS) is 13.7. The van der Waals surface area contributed by atoms with Crippen LogP contribution in [0.15, 0.2) is 54.6 Å². The molecule has 0 aliphatic carbocycles. The molecule has 1 aliphatic rings. The maximum absolute atomic E-state index is 12.6. The van der Waals surface area contributed by atoms with Gasteiger partial charge in [0.25, 0.3) is 0 Å². The van der Waals surface area contributed by atoms with E-state index < -0.39 is 11.7 Å². The van der Waals surface area contributed by atoms with Gasteiger partial charge in [0.15, 0.2) is 0 Å².